The van der Waals surface area contributed by atoms with Gasteiger partial charge in [0.05, 0.1) is 17.8 Å². The molecule has 3 nitrogen and oxygen atoms in total. The van der Waals surface area contributed by atoms with Crippen LogP contribution in [0.2, 0.25) is 5.02 Å². The van der Waals surface area contributed by atoms with Crippen LogP contribution in [0.15, 0.2) is 42.5 Å². The van der Waals surface area contributed by atoms with Crippen molar-refractivity contribution in [2.45, 2.75) is 0 Å². The number of para-hydroxylation sites is 2. The Morgan fingerprint density at radius 1 is 1.21 bits per heavy atom. The van der Waals surface area contributed by atoms with Crippen LogP contribution >= 0.6 is 11.6 Å². The molecule has 0 spiro atoms. The van der Waals surface area contributed by atoms with Crippen molar-refractivity contribution < 1.29 is 9.53 Å². The third kappa shape index (κ3) is 2.71. The van der Waals surface area contributed by atoms with Gasteiger partial charge in [0, 0.05) is 18.3 Å². The number of nitrogens with zero attached hydrogens (tertiary/aromatic N) is 1. The Morgan fingerprint density at radius 2 is 1.95 bits per heavy atom. The lowest BCUT2D eigenvalue weighted by atomic mass is 10.2. The van der Waals surface area contributed by atoms with E-state index in [0.717, 1.165) is 23.4 Å². The molecule has 0 fully saturated rings. The number of ether oxygens (including phenoxy) is 1. The van der Waals surface area contributed by atoms with Gasteiger partial charge in [-0.25, -0.2) is 0 Å². The predicted molar refractivity (Wildman–Crippen MR) is 77.9 cm³/mol. The van der Waals surface area contributed by atoms with Crippen molar-refractivity contribution in [3.05, 3.63) is 53.1 Å². The molecular weight excluding hydrogens is 262 g/mol. The van der Waals surface area contributed by atoms with Crippen molar-refractivity contribution in [3.63, 3.8) is 0 Å². The van der Waals surface area contributed by atoms with Crippen molar-refractivity contribution in [1.82, 2.24) is 0 Å². The van der Waals surface area contributed by atoms with E-state index in [-0.39, 0.29) is 0 Å². The van der Waals surface area contributed by atoms with Gasteiger partial charge >= 0.3 is 0 Å². The molecule has 0 bridgehead atoms. The second-order valence-corrected chi connectivity index (χ2v) is 4.46. The van der Waals surface area contributed by atoms with E-state index in [1.54, 1.807) is 19.2 Å². The highest BCUT2D eigenvalue weighted by molar-refractivity contribution is 6.33. The number of benzene rings is 2. The number of halogens is 1. The van der Waals surface area contributed by atoms with Crippen molar-refractivity contribution in [1.29, 1.82) is 0 Å². The van der Waals surface area contributed by atoms with Crippen molar-refractivity contribution in [2.24, 2.45) is 0 Å². The van der Waals surface area contributed by atoms with E-state index in [2.05, 4.69) is 0 Å². The summed E-state index contributed by atoms with van der Waals surface area (Å²) in [6, 6.07) is 13.0. The van der Waals surface area contributed by atoms with Crippen LogP contribution in [0.25, 0.3) is 0 Å². The minimum absolute atomic E-state index is 0.439. The summed E-state index contributed by atoms with van der Waals surface area (Å²) >= 11 is 6.05. The maximum atomic E-state index is 10.8. The van der Waals surface area contributed by atoms with Gasteiger partial charge in [0.1, 0.15) is 5.75 Å². The van der Waals surface area contributed by atoms with Gasteiger partial charge in [0.15, 0.2) is 6.29 Å². The lowest BCUT2D eigenvalue weighted by Crippen LogP contribution is -2.10. The van der Waals surface area contributed by atoms with Gasteiger partial charge in [-0.3, -0.25) is 4.79 Å². The highest BCUT2D eigenvalue weighted by atomic mass is 35.5. The molecule has 0 saturated heterocycles. The quantitative estimate of drug-likeness (QED) is 0.792. The molecule has 0 aliphatic heterocycles. The van der Waals surface area contributed by atoms with E-state index >= 15 is 0 Å². The molecule has 0 N–H and O–H groups in total. The minimum atomic E-state index is 0.439. The second-order valence-electron chi connectivity index (χ2n) is 4.05. The Kier molecular flexibility index (Phi) is 4.07. The fourth-order valence-electron chi connectivity index (χ4n) is 1.87. The lowest BCUT2D eigenvalue weighted by Gasteiger charge is -2.22. The Hall–Kier alpha value is -2.00. The minimum Gasteiger partial charge on any atom is -0.495 e. The number of rotatable bonds is 4. The summed E-state index contributed by atoms with van der Waals surface area (Å²) in [6.07, 6.45) is 0.745. The van der Waals surface area contributed by atoms with Crippen LogP contribution in [0.1, 0.15) is 10.4 Å². The average Bonchev–Trinajstić information content (AvgIpc) is 2.46. The van der Waals surface area contributed by atoms with Crippen LogP contribution in [0.5, 0.6) is 5.75 Å². The zero-order chi connectivity index (χ0) is 13.8. The van der Waals surface area contributed by atoms with Crippen LogP contribution < -0.4 is 9.64 Å². The van der Waals surface area contributed by atoms with Crippen molar-refractivity contribution >= 4 is 29.3 Å². The number of anilines is 2. The molecule has 0 saturated carbocycles. The molecule has 0 unspecified atom stereocenters. The number of methoxy groups -OCH3 is 1. The Balaban J connectivity index is 2.41. The predicted octanol–water partition coefficient (Wildman–Crippen LogP) is 3.93. The number of hydrogen-bond acceptors (Lipinski definition) is 3. The van der Waals surface area contributed by atoms with Crippen LogP contribution in [0.3, 0.4) is 0 Å². The van der Waals surface area contributed by atoms with Gasteiger partial charge in [-0.05, 0) is 30.3 Å². The Morgan fingerprint density at radius 3 is 2.58 bits per heavy atom. The molecule has 0 atom stereocenters. The molecule has 4 heteroatoms. The van der Waals surface area contributed by atoms with E-state index < -0.39 is 0 Å². The summed E-state index contributed by atoms with van der Waals surface area (Å²) < 4.78 is 5.33. The summed E-state index contributed by atoms with van der Waals surface area (Å²) in [5.74, 6) is 0.778. The van der Waals surface area contributed by atoms with Gasteiger partial charge in [0.2, 0.25) is 0 Å². The maximum Gasteiger partial charge on any atom is 0.151 e. The molecule has 0 aromatic heterocycles. The average molecular weight is 276 g/mol. The lowest BCUT2D eigenvalue weighted by molar-refractivity contribution is 0.112. The molecule has 2 aromatic carbocycles. The summed E-state index contributed by atoms with van der Waals surface area (Å²) in [7, 11) is 3.55. The van der Waals surface area contributed by atoms with E-state index in [1.165, 1.54) is 0 Å². The zero-order valence-electron chi connectivity index (χ0n) is 10.8. The fourth-order valence-corrected chi connectivity index (χ4v) is 2.09. The normalized spacial score (nSPS) is 10.1. The van der Waals surface area contributed by atoms with E-state index in [0.29, 0.717) is 10.6 Å². The zero-order valence-corrected chi connectivity index (χ0v) is 11.5. The number of hydrogen-bond donors (Lipinski definition) is 0. The molecule has 0 aliphatic carbocycles. The van der Waals surface area contributed by atoms with Crippen LogP contribution in [0, 0.1) is 0 Å². The van der Waals surface area contributed by atoms with E-state index in [9.17, 15) is 4.79 Å². The second kappa shape index (κ2) is 5.76. The highest BCUT2D eigenvalue weighted by Crippen LogP contribution is 2.33. The molecular formula is C15H14ClNO2. The van der Waals surface area contributed by atoms with Crippen LogP contribution in [0.4, 0.5) is 11.4 Å². The van der Waals surface area contributed by atoms with Gasteiger partial charge in [0.25, 0.3) is 0 Å². The maximum absolute atomic E-state index is 10.8. The summed E-state index contributed by atoms with van der Waals surface area (Å²) in [4.78, 5) is 12.7. The van der Waals surface area contributed by atoms with Crippen molar-refractivity contribution in [2.75, 3.05) is 19.1 Å². The molecule has 19 heavy (non-hydrogen) atoms. The number of carbonyl (C=O) groups excluding carboxylic acids is 1. The van der Waals surface area contributed by atoms with Crippen molar-refractivity contribution in [3.8, 4) is 5.75 Å². The standard InChI is InChI=1S/C15H14ClNO2/c1-17(14-5-3-4-6-15(14)19-2)12-8-7-11(10-18)13(16)9-12/h3-10H,1-2H3. The molecule has 0 heterocycles. The molecule has 0 amide bonds. The van der Waals surface area contributed by atoms with E-state index in [4.69, 9.17) is 16.3 Å². The largest absolute Gasteiger partial charge is 0.495 e. The highest BCUT2D eigenvalue weighted by Gasteiger charge is 2.10. The first-order chi connectivity index (χ1) is 9.17. The molecule has 2 aromatic rings. The van der Waals surface area contributed by atoms with Gasteiger partial charge in [-0.1, -0.05) is 23.7 Å². The van der Waals surface area contributed by atoms with E-state index in [1.807, 2.05) is 42.3 Å². The van der Waals surface area contributed by atoms with Crippen LogP contribution in [-0.2, 0) is 0 Å². The molecule has 98 valence electrons. The Labute approximate surface area is 117 Å². The molecule has 0 radical (unpaired) electrons. The van der Waals surface area contributed by atoms with Crippen LogP contribution in [-0.4, -0.2) is 20.4 Å². The summed E-state index contributed by atoms with van der Waals surface area (Å²) in [5.41, 5.74) is 2.30. The Bertz CT molecular complexity index is 598. The first-order valence-electron chi connectivity index (χ1n) is 5.79. The fraction of sp³-hybridized carbons (Fsp3) is 0.133. The molecule has 2 rings (SSSR count). The van der Waals surface area contributed by atoms with Gasteiger partial charge in [-0.2, -0.15) is 0 Å². The monoisotopic (exact) mass is 275 g/mol. The summed E-state index contributed by atoms with van der Waals surface area (Å²) in [5, 5.41) is 0.439. The smallest absolute Gasteiger partial charge is 0.151 e. The third-order valence-electron chi connectivity index (χ3n) is 2.94. The van der Waals surface area contributed by atoms with Gasteiger partial charge in [-0.15, -0.1) is 0 Å². The topological polar surface area (TPSA) is 29.5 Å². The third-order valence-corrected chi connectivity index (χ3v) is 3.27. The number of carbonyl (C=O) groups is 1. The van der Waals surface area contributed by atoms with Gasteiger partial charge < -0.3 is 9.64 Å². The molecule has 0 aliphatic rings. The SMILES string of the molecule is COc1ccccc1N(C)c1ccc(C=O)c(Cl)c1. The summed E-state index contributed by atoms with van der Waals surface area (Å²) in [6.45, 7) is 0. The first kappa shape index (κ1) is 13.4. The first-order valence-corrected chi connectivity index (χ1v) is 6.16. The number of aldehydes is 1.